The van der Waals surface area contributed by atoms with Crippen LogP contribution < -0.4 is 10.6 Å². The van der Waals surface area contributed by atoms with Crippen LogP contribution in [0.2, 0.25) is 0 Å². The van der Waals surface area contributed by atoms with Gasteiger partial charge in [-0.1, -0.05) is 60.2 Å². The van der Waals surface area contributed by atoms with Crippen molar-refractivity contribution in [3.63, 3.8) is 0 Å². The summed E-state index contributed by atoms with van der Waals surface area (Å²) in [5.74, 6) is -0.267. The minimum absolute atomic E-state index is 0.267. The first-order valence-corrected chi connectivity index (χ1v) is 9.60. The number of rotatable bonds is 6. The zero-order chi connectivity index (χ0) is 21.7. The number of nitrogens with two attached hydrogens (primary N) is 1. The van der Waals surface area contributed by atoms with Crippen LogP contribution in [0.3, 0.4) is 0 Å². The number of benzene rings is 3. The number of anilines is 1. The smallest absolute Gasteiger partial charge is 0.316 e. The van der Waals surface area contributed by atoms with Crippen molar-refractivity contribution >= 4 is 11.6 Å². The number of aryl methyl sites for hydroxylation is 1. The molecule has 156 valence electrons. The molecule has 30 heavy (non-hydrogen) atoms. The van der Waals surface area contributed by atoms with Crippen LogP contribution in [-0.2, 0) is 17.4 Å². The second kappa shape index (κ2) is 9.13. The van der Waals surface area contributed by atoms with Gasteiger partial charge in [-0.2, -0.15) is 13.2 Å². The first kappa shape index (κ1) is 21.6. The number of nitrogens with zero attached hydrogens (tertiary/aromatic N) is 1. The quantitative estimate of drug-likeness (QED) is 0.598. The van der Waals surface area contributed by atoms with Crippen LogP contribution in [0.5, 0.6) is 0 Å². The van der Waals surface area contributed by atoms with Gasteiger partial charge < -0.3 is 10.6 Å². The molecule has 2 N–H and O–H groups in total. The van der Waals surface area contributed by atoms with Crippen molar-refractivity contribution in [1.29, 1.82) is 0 Å². The molecule has 0 unspecified atom stereocenters. The standard InChI is InChI=1S/C24H23F3N2O/c1-17-7-13-21(14-8-17)29(23(30)22(28)19-5-3-2-4-6-19)16-15-18-9-11-20(12-10-18)24(25,26)27/h2-14,22H,15-16,28H2,1H3/t22-/m1/s1. The summed E-state index contributed by atoms with van der Waals surface area (Å²) < 4.78 is 38.3. The van der Waals surface area contributed by atoms with Crippen LogP contribution in [0.4, 0.5) is 18.9 Å². The molecule has 0 spiro atoms. The van der Waals surface area contributed by atoms with Crippen molar-refractivity contribution in [3.8, 4) is 0 Å². The maximum atomic E-state index is 13.2. The number of hydrogen-bond donors (Lipinski definition) is 1. The van der Waals surface area contributed by atoms with E-state index in [1.807, 2.05) is 49.4 Å². The van der Waals surface area contributed by atoms with E-state index in [4.69, 9.17) is 5.73 Å². The van der Waals surface area contributed by atoms with E-state index in [9.17, 15) is 18.0 Å². The lowest BCUT2D eigenvalue weighted by atomic mass is 10.0. The highest BCUT2D eigenvalue weighted by Gasteiger charge is 2.30. The summed E-state index contributed by atoms with van der Waals surface area (Å²) in [4.78, 5) is 14.8. The van der Waals surface area contributed by atoms with E-state index < -0.39 is 17.8 Å². The molecule has 0 saturated carbocycles. The third kappa shape index (κ3) is 5.27. The van der Waals surface area contributed by atoms with Gasteiger partial charge in [-0.25, -0.2) is 0 Å². The minimum Gasteiger partial charge on any atom is -0.316 e. The Kier molecular flexibility index (Phi) is 6.57. The summed E-state index contributed by atoms with van der Waals surface area (Å²) in [6, 6.07) is 20.8. The van der Waals surface area contributed by atoms with E-state index in [0.717, 1.165) is 17.7 Å². The van der Waals surface area contributed by atoms with Gasteiger partial charge in [-0.3, -0.25) is 4.79 Å². The topological polar surface area (TPSA) is 46.3 Å². The van der Waals surface area contributed by atoms with Crippen molar-refractivity contribution in [2.45, 2.75) is 25.6 Å². The molecule has 0 aliphatic carbocycles. The minimum atomic E-state index is -4.37. The second-order valence-corrected chi connectivity index (χ2v) is 7.16. The summed E-state index contributed by atoms with van der Waals surface area (Å²) in [5, 5.41) is 0. The highest BCUT2D eigenvalue weighted by Crippen LogP contribution is 2.29. The first-order chi connectivity index (χ1) is 14.3. The molecule has 1 atom stereocenters. The zero-order valence-electron chi connectivity index (χ0n) is 16.6. The van der Waals surface area contributed by atoms with Gasteiger partial charge in [-0.15, -0.1) is 0 Å². The van der Waals surface area contributed by atoms with E-state index in [2.05, 4.69) is 0 Å². The molecule has 0 fully saturated rings. The summed E-state index contributed by atoms with van der Waals surface area (Å²) in [7, 11) is 0. The lowest BCUT2D eigenvalue weighted by Gasteiger charge is -2.26. The second-order valence-electron chi connectivity index (χ2n) is 7.16. The largest absolute Gasteiger partial charge is 0.416 e. The predicted molar refractivity (Wildman–Crippen MR) is 112 cm³/mol. The third-order valence-electron chi connectivity index (χ3n) is 4.94. The Labute approximate surface area is 173 Å². The fourth-order valence-corrected chi connectivity index (χ4v) is 3.16. The summed E-state index contributed by atoms with van der Waals surface area (Å²) in [5.41, 5.74) is 8.70. The normalized spacial score (nSPS) is 12.4. The van der Waals surface area contributed by atoms with Crippen LogP contribution >= 0.6 is 0 Å². The molecular weight excluding hydrogens is 389 g/mol. The average Bonchev–Trinajstić information content (AvgIpc) is 2.74. The molecule has 0 aromatic heterocycles. The molecule has 6 heteroatoms. The Morgan fingerprint density at radius 1 is 0.933 bits per heavy atom. The van der Waals surface area contributed by atoms with Crippen LogP contribution in [0.15, 0.2) is 78.9 Å². The fourth-order valence-electron chi connectivity index (χ4n) is 3.16. The Morgan fingerprint density at radius 2 is 1.53 bits per heavy atom. The van der Waals surface area contributed by atoms with Gasteiger partial charge in [0.15, 0.2) is 0 Å². The SMILES string of the molecule is Cc1ccc(N(CCc2ccc(C(F)(F)F)cc2)C(=O)[C@H](N)c2ccccc2)cc1. The van der Waals surface area contributed by atoms with E-state index in [-0.39, 0.29) is 5.91 Å². The highest BCUT2D eigenvalue weighted by atomic mass is 19.4. The summed E-state index contributed by atoms with van der Waals surface area (Å²) >= 11 is 0. The van der Waals surface area contributed by atoms with Gasteiger partial charge in [0.05, 0.1) is 5.56 Å². The number of halogens is 3. The monoisotopic (exact) mass is 412 g/mol. The van der Waals surface area contributed by atoms with Crippen molar-refractivity contribution in [1.82, 2.24) is 0 Å². The molecule has 0 radical (unpaired) electrons. The Bertz CT molecular complexity index is 968. The van der Waals surface area contributed by atoms with Crippen LogP contribution in [0.1, 0.15) is 28.3 Å². The number of carbonyl (C=O) groups excluding carboxylic acids is 1. The van der Waals surface area contributed by atoms with Crippen molar-refractivity contribution in [3.05, 3.63) is 101 Å². The third-order valence-corrected chi connectivity index (χ3v) is 4.94. The number of carbonyl (C=O) groups is 1. The van der Waals surface area contributed by atoms with Gasteiger partial charge in [0.2, 0.25) is 5.91 Å². The average molecular weight is 412 g/mol. The summed E-state index contributed by atoms with van der Waals surface area (Å²) in [6.45, 7) is 2.25. The molecule has 0 bridgehead atoms. The Morgan fingerprint density at radius 3 is 2.10 bits per heavy atom. The van der Waals surface area contributed by atoms with Gasteiger partial charge in [0.25, 0.3) is 0 Å². The zero-order valence-corrected chi connectivity index (χ0v) is 16.6. The molecule has 3 rings (SSSR count). The number of amides is 1. The Hall–Kier alpha value is -3.12. The van der Waals surface area contributed by atoms with Crippen LogP contribution in [0.25, 0.3) is 0 Å². The Balaban J connectivity index is 1.81. The van der Waals surface area contributed by atoms with E-state index in [0.29, 0.717) is 29.8 Å². The highest BCUT2D eigenvalue weighted by molar-refractivity contribution is 5.97. The molecule has 1 amide bonds. The molecule has 3 aromatic rings. The van der Waals surface area contributed by atoms with Crippen LogP contribution in [0, 0.1) is 6.92 Å². The van der Waals surface area contributed by atoms with E-state index >= 15 is 0 Å². The fraction of sp³-hybridized carbons (Fsp3) is 0.208. The van der Waals surface area contributed by atoms with Gasteiger partial charge in [0, 0.05) is 12.2 Å². The van der Waals surface area contributed by atoms with Gasteiger partial charge >= 0.3 is 6.18 Å². The van der Waals surface area contributed by atoms with E-state index in [1.165, 1.54) is 12.1 Å². The molecule has 0 aliphatic rings. The number of alkyl halides is 3. The van der Waals surface area contributed by atoms with Gasteiger partial charge in [0.1, 0.15) is 6.04 Å². The predicted octanol–water partition coefficient (Wildman–Crippen LogP) is 5.29. The van der Waals surface area contributed by atoms with E-state index in [1.54, 1.807) is 17.0 Å². The molecule has 0 heterocycles. The molecule has 0 aliphatic heterocycles. The molecule has 0 saturated heterocycles. The lowest BCUT2D eigenvalue weighted by molar-refractivity contribution is -0.137. The maximum absolute atomic E-state index is 13.2. The number of hydrogen-bond acceptors (Lipinski definition) is 2. The van der Waals surface area contributed by atoms with Crippen molar-refractivity contribution in [2.75, 3.05) is 11.4 Å². The van der Waals surface area contributed by atoms with Crippen LogP contribution in [-0.4, -0.2) is 12.5 Å². The van der Waals surface area contributed by atoms with Gasteiger partial charge in [-0.05, 0) is 48.7 Å². The van der Waals surface area contributed by atoms with Crippen molar-refractivity contribution < 1.29 is 18.0 Å². The molecule has 3 aromatic carbocycles. The maximum Gasteiger partial charge on any atom is 0.416 e. The molecular formula is C24H23F3N2O. The lowest BCUT2D eigenvalue weighted by Crippen LogP contribution is -2.40. The van der Waals surface area contributed by atoms with Crippen molar-refractivity contribution in [2.24, 2.45) is 5.73 Å². The first-order valence-electron chi connectivity index (χ1n) is 9.60. The summed E-state index contributed by atoms with van der Waals surface area (Å²) in [6.07, 6.45) is -3.97. The molecule has 3 nitrogen and oxygen atoms in total.